The molecule has 2 aromatic carbocycles. The van der Waals surface area contributed by atoms with Crippen molar-refractivity contribution >= 4 is 23.3 Å². The minimum atomic E-state index is -0.161. The number of hydrogen-bond acceptors (Lipinski definition) is 4. The zero-order chi connectivity index (χ0) is 12.8. The molecule has 0 heterocycles. The van der Waals surface area contributed by atoms with Gasteiger partial charge in [0.15, 0.2) is 12.6 Å². The molecule has 0 aliphatic heterocycles. The zero-order valence-corrected chi connectivity index (χ0v) is 9.25. The average molecular weight is 232 g/mol. The van der Waals surface area contributed by atoms with Gasteiger partial charge in [0.25, 0.3) is 0 Å². The zero-order valence-electron chi connectivity index (χ0n) is 9.25. The van der Waals surface area contributed by atoms with Crippen LogP contribution < -0.4 is 0 Å². The van der Waals surface area contributed by atoms with Crippen molar-refractivity contribution in [1.82, 2.24) is 0 Å². The molecule has 0 aromatic heterocycles. The van der Waals surface area contributed by atoms with E-state index in [1.54, 1.807) is 24.3 Å². The first-order valence-electron chi connectivity index (χ1n) is 4.87. The molecule has 0 bridgehead atoms. The van der Waals surface area contributed by atoms with Crippen molar-refractivity contribution < 1.29 is 19.8 Å². The van der Waals surface area contributed by atoms with Crippen LogP contribution in [0.3, 0.4) is 0 Å². The summed E-state index contributed by atoms with van der Waals surface area (Å²) in [6.45, 7) is 0. The van der Waals surface area contributed by atoms with Crippen LogP contribution in [-0.4, -0.2) is 29.9 Å². The van der Waals surface area contributed by atoms with Crippen molar-refractivity contribution in [1.29, 1.82) is 0 Å². The molecular formula is C13H12O4. The van der Waals surface area contributed by atoms with Gasteiger partial charge < -0.3 is 10.2 Å². The van der Waals surface area contributed by atoms with E-state index in [0.717, 1.165) is 7.11 Å². The first-order chi connectivity index (χ1) is 8.27. The number of fused-ring (bicyclic) bond motifs is 1. The average Bonchev–Trinajstić information content (AvgIpc) is 2.40. The summed E-state index contributed by atoms with van der Waals surface area (Å²) in [6, 6.07) is 8.28. The Balaban J connectivity index is 0.000000686. The molecule has 0 aliphatic carbocycles. The monoisotopic (exact) mass is 232 g/mol. The summed E-state index contributed by atoms with van der Waals surface area (Å²) in [5.74, 6) is -0.161. The summed E-state index contributed by atoms with van der Waals surface area (Å²) < 4.78 is 0. The third-order valence-electron chi connectivity index (χ3n) is 2.34. The van der Waals surface area contributed by atoms with Gasteiger partial charge in [0.2, 0.25) is 0 Å². The number of carbonyl (C=O) groups is 2. The Morgan fingerprint density at radius 3 is 2.12 bits per heavy atom. The molecule has 0 spiro atoms. The Labute approximate surface area is 98.1 Å². The second kappa shape index (κ2) is 5.77. The van der Waals surface area contributed by atoms with Crippen molar-refractivity contribution in [3.05, 3.63) is 41.5 Å². The fraction of sp³-hybridized carbons (Fsp3) is 0.0769. The fourth-order valence-electron chi connectivity index (χ4n) is 1.63. The number of carbonyl (C=O) groups excluding carboxylic acids is 2. The molecular weight excluding hydrogens is 220 g/mol. The van der Waals surface area contributed by atoms with Crippen molar-refractivity contribution in [3.8, 4) is 5.75 Å². The lowest BCUT2D eigenvalue weighted by Crippen LogP contribution is -1.90. The van der Waals surface area contributed by atoms with Crippen LogP contribution in [0.15, 0.2) is 30.3 Å². The van der Waals surface area contributed by atoms with Gasteiger partial charge in [-0.2, -0.15) is 0 Å². The molecule has 0 unspecified atom stereocenters. The van der Waals surface area contributed by atoms with Crippen molar-refractivity contribution in [3.63, 3.8) is 0 Å². The number of phenolic OH excluding ortho intramolecular Hbond substituents is 1. The highest BCUT2D eigenvalue weighted by atomic mass is 16.3. The van der Waals surface area contributed by atoms with Crippen LogP contribution >= 0.6 is 0 Å². The van der Waals surface area contributed by atoms with Crippen LogP contribution in [0.2, 0.25) is 0 Å². The van der Waals surface area contributed by atoms with Gasteiger partial charge in [-0.25, -0.2) is 0 Å². The normalized spacial score (nSPS) is 9.29. The van der Waals surface area contributed by atoms with Gasteiger partial charge in [0, 0.05) is 12.7 Å². The van der Waals surface area contributed by atoms with Crippen LogP contribution in [0.4, 0.5) is 0 Å². The standard InChI is InChI=1S/C12H8O3.CH4O/c13-6-8-5-12(15)11(7-14)10-4-2-1-3-9(8)10;1-2/h1-7,15H;2H,1H3. The molecule has 0 fully saturated rings. The highest BCUT2D eigenvalue weighted by Crippen LogP contribution is 2.28. The summed E-state index contributed by atoms with van der Waals surface area (Å²) in [5.41, 5.74) is 0.602. The van der Waals surface area contributed by atoms with Crippen molar-refractivity contribution in [2.45, 2.75) is 0 Å². The summed E-state index contributed by atoms with van der Waals surface area (Å²) in [6.07, 6.45) is 1.25. The Morgan fingerprint density at radius 1 is 1.00 bits per heavy atom. The summed E-state index contributed by atoms with van der Waals surface area (Å²) in [4.78, 5) is 21.6. The molecule has 17 heavy (non-hydrogen) atoms. The lowest BCUT2D eigenvalue weighted by atomic mass is 10.00. The molecule has 4 heteroatoms. The van der Waals surface area contributed by atoms with E-state index in [9.17, 15) is 14.7 Å². The van der Waals surface area contributed by atoms with Crippen LogP contribution in [-0.2, 0) is 0 Å². The first-order valence-corrected chi connectivity index (χ1v) is 4.87. The van der Waals surface area contributed by atoms with Crippen LogP contribution in [0.1, 0.15) is 20.7 Å². The molecule has 2 N–H and O–H groups in total. The quantitative estimate of drug-likeness (QED) is 0.774. The third-order valence-corrected chi connectivity index (χ3v) is 2.34. The molecule has 0 radical (unpaired) electrons. The Kier molecular flexibility index (Phi) is 4.37. The smallest absolute Gasteiger partial charge is 0.154 e. The van der Waals surface area contributed by atoms with Gasteiger partial charge in [-0.3, -0.25) is 9.59 Å². The Morgan fingerprint density at radius 2 is 1.59 bits per heavy atom. The number of aliphatic hydroxyl groups excluding tert-OH is 1. The predicted octanol–water partition coefficient (Wildman–Crippen LogP) is 1.78. The molecule has 88 valence electrons. The third kappa shape index (κ3) is 2.32. The molecule has 4 nitrogen and oxygen atoms in total. The summed E-state index contributed by atoms with van der Waals surface area (Å²) in [7, 11) is 1.00. The van der Waals surface area contributed by atoms with E-state index in [1.165, 1.54) is 6.07 Å². The van der Waals surface area contributed by atoms with Gasteiger partial charge in [-0.05, 0) is 16.8 Å². The van der Waals surface area contributed by atoms with E-state index in [-0.39, 0.29) is 11.3 Å². The largest absolute Gasteiger partial charge is 0.507 e. The van der Waals surface area contributed by atoms with E-state index >= 15 is 0 Å². The molecule has 0 saturated carbocycles. The van der Waals surface area contributed by atoms with Gasteiger partial charge >= 0.3 is 0 Å². The summed E-state index contributed by atoms with van der Waals surface area (Å²) in [5, 5.41) is 17.8. The van der Waals surface area contributed by atoms with Crippen LogP contribution in [0, 0.1) is 0 Å². The molecule has 0 amide bonds. The van der Waals surface area contributed by atoms with E-state index < -0.39 is 0 Å². The predicted molar refractivity (Wildman–Crippen MR) is 64.5 cm³/mol. The molecule has 0 saturated heterocycles. The number of benzene rings is 2. The maximum atomic E-state index is 10.8. The van der Waals surface area contributed by atoms with Gasteiger partial charge in [-0.1, -0.05) is 24.3 Å². The minimum absolute atomic E-state index is 0.161. The number of rotatable bonds is 2. The first kappa shape index (κ1) is 12.9. The Hall–Kier alpha value is -2.20. The lowest BCUT2D eigenvalue weighted by molar-refractivity contribution is 0.111. The topological polar surface area (TPSA) is 74.6 Å². The summed E-state index contributed by atoms with van der Waals surface area (Å²) >= 11 is 0. The maximum absolute atomic E-state index is 10.8. The van der Waals surface area contributed by atoms with E-state index in [0.29, 0.717) is 28.9 Å². The second-order valence-electron chi connectivity index (χ2n) is 3.18. The highest BCUT2D eigenvalue weighted by Gasteiger charge is 2.09. The van der Waals surface area contributed by atoms with Crippen LogP contribution in [0.25, 0.3) is 10.8 Å². The number of aldehydes is 2. The van der Waals surface area contributed by atoms with Gasteiger partial charge in [0.1, 0.15) is 5.75 Å². The fourth-order valence-corrected chi connectivity index (χ4v) is 1.63. The number of hydrogen-bond donors (Lipinski definition) is 2. The van der Waals surface area contributed by atoms with E-state index in [4.69, 9.17) is 5.11 Å². The highest BCUT2D eigenvalue weighted by molar-refractivity contribution is 6.07. The number of phenols is 1. The van der Waals surface area contributed by atoms with Gasteiger partial charge in [0.05, 0.1) is 5.56 Å². The lowest BCUT2D eigenvalue weighted by Gasteiger charge is -2.05. The Bertz CT molecular complexity index is 546. The SMILES string of the molecule is CO.O=Cc1cc(O)c(C=O)c2ccccc12. The van der Waals surface area contributed by atoms with E-state index in [1.807, 2.05) is 0 Å². The number of aromatic hydroxyl groups is 1. The van der Waals surface area contributed by atoms with E-state index in [2.05, 4.69) is 0 Å². The van der Waals surface area contributed by atoms with Crippen LogP contribution in [0.5, 0.6) is 5.75 Å². The molecule has 2 aromatic rings. The van der Waals surface area contributed by atoms with Crippen molar-refractivity contribution in [2.24, 2.45) is 0 Å². The second-order valence-corrected chi connectivity index (χ2v) is 3.18. The molecule has 0 aliphatic rings. The molecule has 2 rings (SSSR count). The maximum Gasteiger partial charge on any atom is 0.154 e. The van der Waals surface area contributed by atoms with Crippen molar-refractivity contribution in [2.75, 3.05) is 7.11 Å². The van der Waals surface area contributed by atoms with Gasteiger partial charge in [-0.15, -0.1) is 0 Å². The number of aliphatic hydroxyl groups is 1. The minimum Gasteiger partial charge on any atom is -0.507 e. The molecule has 0 atom stereocenters.